The largest absolute Gasteiger partial charge is 0.479 e. The first-order chi connectivity index (χ1) is 5.20. The molecule has 0 aliphatic heterocycles. The third kappa shape index (κ3) is 1.03. The van der Waals surface area contributed by atoms with E-state index in [0.29, 0.717) is 0 Å². The van der Waals surface area contributed by atoms with E-state index in [1.165, 1.54) is 14.2 Å². The third-order valence-electron chi connectivity index (χ3n) is 1.25. The van der Waals surface area contributed by atoms with Crippen molar-refractivity contribution in [1.82, 2.24) is 9.78 Å². The van der Waals surface area contributed by atoms with Crippen LogP contribution in [0, 0.1) is 17.3 Å². The fourth-order valence-electron chi connectivity index (χ4n) is 0.717. The molecule has 0 bridgehead atoms. The third-order valence-corrected chi connectivity index (χ3v) is 1.25. The quantitative estimate of drug-likeness (QED) is 0.591. The van der Waals surface area contributed by atoms with Gasteiger partial charge in [0.1, 0.15) is 6.07 Å². The predicted molar refractivity (Wildman–Crippen MR) is 34.4 cm³/mol. The fourth-order valence-corrected chi connectivity index (χ4v) is 0.717. The van der Waals surface area contributed by atoms with Crippen molar-refractivity contribution in [3.05, 3.63) is 11.5 Å². The standard InChI is InChI=1S/C6H6FN3O/c1-10-5(7)4(3-8)6(9-10)11-2/h1-2H3. The number of hydrogen-bond acceptors (Lipinski definition) is 3. The summed E-state index contributed by atoms with van der Waals surface area (Å²) in [5, 5.41) is 12.0. The monoisotopic (exact) mass is 155 g/mol. The van der Waals surface area contributed by atoms with E-state index in [-0.39, 0.29) is 11.4 Å². The summed E-state index contributed by atoms with van der Waals surface area (Å²) in [6.45, 7) is 0. The first-order valence-corrected chi connectivity index (χ1v) is 2.87. The topological polar surface area (TPSA) is 50.8 Å². The zero-order valence-electron chi connectivity index (χ0n) is 6.13. The number of methoxy groups -OCH3 is 1. The molecule has 0 fully saturated rings. The lowest BCUT2D eigenvalue weighted by molar-refractivity contribution is 0.390. The Morgan fingerprint density at radius 3 is 2.73 bits per heavy atom. The Kier molecular flexibility index (Phi) is 1.77. The molecule has 0 aliphatic carbocycles. The van der Waals surface area contributed by atoms with Gasteiger partial charge in [-0.15, -0.1) is 5.10 Å². The minimum Gasteiger partial charge on any atom is -0.479 e. The van der Waals surface area contributed by atoms with Gasteiger partial charge < -0.3 is 4.74 Å². The zero-order chi connectivity index (χ0) is 8.43. The lowest BCUT2D eigenvalue weighted by Gasteiger charge is -1.88. The normalized spacial score (nSPS) is 9.27. The first-order valence-electron chi connectivity index (χ1n) is 2.87. The highest BCUT2D eigenvalue weighted by Crippen LogP contribution is 2.16. The lowest BCUT2D eigenvalue weighted by atomic mass is 10.4. The molecule has 0 spiro atoms. The summed E-state index contributed by atoms with van der Waals surface area (Å²) >= 11 is 0. The van der Waals surface area contributed by atoms with Crippen molar-refractivity contribution >= 4 is 0 Å². The van der Waals surface area contributed by atoms with E-state index in [1.807, 2.05) is 0 Å². The molecule has 0 unspecified atom stereocenters. The van der Waals surface area contributed by atoms with E-state index in [2.05, 4.69) is 9.84 Å². The second kappa shape index (κ2) is 2.58. The molecule has 0 atom stereocenters. The van der Waals surface area contributed by atoms with E-state index in [9.17, 15) is 4.39 Å². The molecule has 58 valence electrons. The van der Waals surface area contributed by atoms with Crippen LogP contribution in [-0.4, -0.2) is 16.9 Å². The number of halogens is 1. The zero-order valence-corrected chi connectivity index (χ0v) is 6.13. The number of rotatable bonds is 1. The summed E-state index contributed by atoms with van der Waals surface area (Å²) in [6.07, 6.45) is 0. The molecule has 11 heavy (non-hydrogen) atoms. The molecule has 0 amide bonds. The highest BCUT2D eigenvalue weighted by atomic mass is 19.1. The van der Waals surface area contributed by atoms with Crippen LogP contribution in [-0.2, 0) is 7.05 Å². The van der Waals surface area contributed by atoms with Crippen molar-refractivity contribution in [3.8, 4) is 11.9 Å². The summed E-state index contributed by atoms with van der Waals surface area (Å²) in [7, 11) is 2.74. The van der Waals surface area contributed by atoms with Crippen LogP contribution in [0.3, 0.4) is 0 Å². The molecule has 5 heteroatoms. The Balaban J connectivity index is 3.29. The first kappa shape index (κ1) is 7.54. The second-order valence-corrected chi connectivity index (χ2v) is 1.91. The van der Waals surface area contributed by atoms with Crippen LogP contribution in [0.4, 0.5) is 4.39 Å². The molecule has 1 rings (SSSR count). The Bertz CT molecular complexity index is 312. The van der Waals surface area contributed by atoms with Crippen LogP contribution in [0.2, 0.25) is 0 Å². The molecular weight excluding hydrogens is 149 g/mol. The molecule has 0 saturated carbocycles. The van der Waals surface area contributed by atoms with E-state index < -0.39 is 5.95 Å². The van der Waals surface area contributed by atoms with Gasteiger partial charge in [0.15, 0.2) is 5.56 Å². The van der Waals surface area contributed by atoms with Gasteiger partial charge in [0.2, 0.25) is 5.95 Å². The van der Waals surface area contributed by atoms with Crippen molar-refractivity contribution in [2.24, 2.45) is 7.05 Å². The molecule has 4 nitrogen and oxygen atoms in total. The highest BCUT2D eigenvalue weighted by molar-refractivity contribution is 5.36. The molecule has 1 heterocycles. The van der Waals surface area contributed by atoms with Crippen LogP contribution >= 0.6 is 0 Å². The minimum atomic E-state index is -0.677. The van der Waals surface area contributed by atoms with E-state index >= 15 is 0 Å². The molecule has 0 N–H and O–H groups in total. The molecule has 1 aromatic rings. The van der Waals surface area contributed by atoms with E-state index in [1.54, 1.807) is 6.07 Å². The summed E-state index contributed by atoms with van der Waals surface area (Å²) in [5.74, 6) is -0.656. The summed E-state index contributed by atoms with van der Waals surface area (Å²) in [5.41, 5.74) is -0.157. The van der Waals surface area contributed by atoms with Crippen molar-refractivity contribution < 1.29 is 9.13 Å². The van der Waals surface area contributed by atoms with Gasteiger partial charge in [-0.2, -0.15) is 9.65 Å². The van der Waals surface area contributed by atoms with Crippen molar-refractivity contribution in [2.75, 3.05) is 7.11 Å². The van der Waals surface area contributed by atoms with Gasteiger partial charge in [0.05, 0.1) is 7.11 Å². The average Bonchev–Trinajstić information content (AvgIpc) is 2.28. The second-order valence-electron chi connectivity index (χ2n) is 1.91. The van der Waals surface area contributed by atoms with Crippen LogP contribution in [0.25, 0.3) is 0 Å². The smallest absolute Gasteiger partial charge is 0.253 e. The van der Waals surface area contributed by atoms with E-state index in [4.69, 9.17) is 5.26 Å². The van der Waals surface area contributed by atoms with Crippen molar-refractivity contribution in [3.63, 3.8) is 0 Å². The van der Waals surface area contributed by atoms with Crippen molar-refractivity contribution in [2.45, 2.75) is 0 Å². The molecule has 0 aromatic carbocycles. The summed E-state index contributed by atoms with van der Waals surface area (Å²) in [4.78, 5) is 0. The summed E-state index contributed by atoms with van der Waals surface area (Å²) in [6, 6.07) is 1.65. The Hall–Kier alpha value is -1.57. The number of aryl methyl sites for hydroxylation is 1. The van der Waals surface area contributed by atoms with Crippen molar-refractivity contribution in [1.29, 1.82) is 5.26 Å². The predicted octanol–water partition coefficient (Wildman–Crippen LogP) is 0.439. The van der Waals surface area contributed by atoms with Crippen LogP contribution in [0.5, 0.6) is 5.88 Å². The Labute approximate surface area is 62.8 Å². The SMILES string of the molecule is COc1nn(C)c(F)c1C#N. The molecule has 0 saturated heterocycles. The number of aromatic nitrogens is 2. The lowest BCUT2D eigenvalue weighted by Crippen LogP contribution is -1.93. The molecule has 0 aliphatic rings. The van der Waals surface area contributed by atoms with Gasteiger partial charge in [-0.3, -0.25) is 0 Å². The molecule has 0 radical (unpaired) electrons. The van der Waals surface area contributed by atoms with E-state index in [0.717, 1.165) is 4.68 Å². The molecular formula is C6H6FN3O. The Morgan fingerprint density at radius 2 is 2.36 bits per heavy atom. The maximum absolute atomic E-state index is 12.8. The van der Waals surface area contributed by atoms with Crippen LogP contribution < -0.4 is 4.74 Å². The number of ether oxygens (including phenoxy) is 1. The van der Waals surface area contributed by atoms with Gasteiger partial charge in [-0.1, -0.05) is 0 Å². The molecule has 1 aromatic heterocycles. The maximum Gasteiger partial charge on any atom is 0.253 e. The fraction of sp³-hybridized carbons (Fsp3) is 0.333. The van der Waals surface area contributed by atoms with Gasteiger partial charge in [0.25, 0.3) is 5.88 Å². The average molecular weight is 155 g/mol. The van der Waals surface area contributed by atoms with Gasteiger partial charge in [-0.05, 0) is 0 Å². The number of nitrogens with zero attached hydrogens (tertiary/aromatic N) is 3. The maximum atomic E-state index is 12.8. The van der Waals surface area contributed by atoms with Gasteiger partial charge in [-0.25, -0.2) is 4.68 Å². The summed E-state index contributed by atoms with van der Waals surface area (Å²) < 4.78 is 18.4. The van der Waals surface area contributed by atoms with Crippen LogP contribution in [0.15, 0.2) is 0 Å². The number of hydrogen-bond donors (Lipinski definition) is 0. The number of nitriles is 1. The van der Waals surface area contributed by atoms with Gasteiger partial charge in [0, 0.05) is 7.05 Å². The van der Waals surface area contributed by atoms with Gasteiger partial charge >= 0.3 is 0 Å². The highest BCUT2D eigenvalue weighted by Gasteiger charge is 2.15. The minimum absolute atomic E-state index is 0.0208. The Morgan fingerprint density at radius 1 is 1.73 bits per heavy atom. The van der Waals surface area contributed by atoms with Crippen LogP contribution in [0.1, 0.15) is 5.56 Å².